The largest absolute Gasteiger partial charge is 0.368 e. The highest BCUT2D eigenvalue weighted by Crippen LogP contribution is 2.29. The van der Waals surface area contributed by atoms with Gasteiger partial charge in [-0.2, -0.15) is 21.1 Å². The lowest BCUT2D eigenvalue weighted by Crippen LogP contribution is -2.35. The first kappa shape index (κ1) is 21.2. The highest BCUT2D eigenvalue weighted by molar-refractivity contribution is 7.08. The van der Waals surface area contributed by atoms with Gasteiger partial charge in [-0.15, -0.1) is 0 Å². The number of carbonyl (C=O) groups excluding carboxylic acids is 1. The second kappa shape index (κ2) is 8.98. The van der Waals surface area contributed by atoms with Gasteiger partial charge in [0, 0.05) is 31.6 Å². The number of amides is 1. The van der Waals surface area contributed by atoms with Gasteiger partial charge in [-0.05, 0) is 36.1 Å². The average Bonchev–Trinajstić information content (AvgIpc) is 3.17. The molecule has 1 aliphatic heterocycles. The first-order valence-electron chi connectivity index (χ1n) is 9.25. The summed E-state index contributed by atoms with van der Waals surface area (Å²) in [6, 6.07) is 7.14. The molecule has 1 fully saturated rings. The number of thiophene rings is 1. The smallest absolute Gasteiger partial charge is 0.291 e. The lowest BCUT2D eigenvalue weighted by atomic mass is 10.2. The molecule has 1 amide bonds. The lowest BCUT2D eigenvalue weighted by Gasteiger charge is -2.25. The molecule has 3 aromatic rings. The Balaban J connectivity index is 1.53. The zero-order chi connectivity index (χ0) is 21.3. The molecule has 0 aliphatic carbocycles. The molecule has 0 atom stereocenters. The third kappa shape index (κ3) is 4.21. The van der Waals surface area contributed by atoms with Crippen molar-refractivity contribution in [1.82, 2.24) is 14.7 Å². The van der Waals surface area contributed by atoms with Gasteiger partial charge in [0.05, 0.1) is 33.2 Å². The van der Waals surface area contributed by atoms with E-state index in [0.717, 1.165) is 28.9 Å². The second-order valence-electron chi connectivity index (χ2n) is 6.80. The number of aromatic nitrogens is 2. The maximum Gasteiger partial charge on any atom is 0.291 e. The Morgan fingerprint density at radius 1 is 1.03 bits per heavy atom. The molecular weight excluding hydrogens is 467 g/mol. The van der Waals surface area contributed by atoms with Crippen molar-refractivity contribution in [2.24, 2.45) is 0 Å². The Bertz CT molecular complexity index is 1130. The van der Waals surface area contributed by atoms with Gasteiger partial charge in [0.25, 0.3) is 11.5 Å². The number of anilines is 1. The predicted octanol–water partition coefficient (Wildman–Crippen LogP) is 4.61. The summed E-state index contributed by atoms with van der Waals surface area (Å²) in [6.45, 7) is 2.75. The topological polar surface area (TPSA) is 58.4 Å². The van der Waals surface area contributed by atoms with Gasteiger partial charge in [-0.25, -0.2) is 0 Å². The number of rotatable bonds is 3. The Labute approximate surface area is 192 Å². The fourth-order valence-corrected chi connectivity index (χ4v) is 4.59. The first-order valence-corrected chi connectivity index (χ1v) is 11.3. The fraction of sp³-hybridized carbons (Fsp3) is 0.250. The number of hydrogen-bond donors (Lipinski definition) is 0. The number of carbonyl (C=O) groups is 1. The molecule has 156 valence electrons. The van der Waals surface area contributed by atoms with E-state index in [1.165, 1.54) is 17.5 Å². The highest BCUT2D eigenvalue weighted by atomic mass is 35.5. The summed E-state index contributed by atoms with van der Waals surface area (Å²) in [5.74, 6) is 0.0598. The van der Waals surface area contributed by atoms with Crippen LogP contribution in [0.1, 0.15) is 16.8 Å². The Morgan fingerprint density at radius 3 is 2.60 bits per heavy atom. The van der Waals surface area contributed by atoms with Gasteiger partial charge >= 0.3 is 0 Å². The minimum absolute atomic E-state index is 0.0598. The van der Waals surface area contributed by atoms with E-state index in [4.69, 9.17) is 34.8 Å². The summed E-state index contributed by atoms with van der Waals surface area (Å²) < 4.78 is 1.16. The van der Waals surface area contributed by atoms with Gasteiger partial charge < -0.3 is 9.80 Å². The van der Waals surface area contributed by atoms with E-state index in [1.54, 1.807) is 12.1 Å². The molecule has 0 bridgehead atoms. The van der Waals surface area contributed by atoms with Crippen LogP contribution in [-0.2, 0) is 0 Å². The van der Waals surface area contributed by atoms with Crippen LogP contribution in [0.15, 0.2) is 46.0 Å². The molecule has 2 aromatic heterocycles. The maximum atomic E-state index is 12.6. The van der Waals surface area contributed by atoms with Crippen LogP contribution in [0.4, 0.5) is 5.69 Å². The molecule has 3 heterocycles. The van der Waals surface area contributed by atoms with Gasteiger partial charge in [-0.1, -0.05) is 34.8 Å². The lowest BCUT2D eigenvalue weighted by molar-refractivity contribution is 0.0767. The molecule has 0 saturated carbocycles. The van der Waals surface area contributed by atoms with Gasteiger partial charge in [0.2, 0.25) is 0 Å². The molecule has 6 nitrogen and oxygen atoms in total. The maximum absolute atomic E-state index is 12.6. The van der Waals surface area contributed by atoms with Crippen LogP contribution in [0, 0.1) is 0 Å². The molecule has 4 rings (SSSR count). The Kier molecular flexibility index (Phi) is 6.34. The molecule has 10 heteroatoms. The molecule has 30 heavy (non-hydrogen) atoms. The van der Waals surface area contributed by atoms with E-state index in [0.29, 0.717) is 30.3 Å². The monoisotopic (exact) mass is 482 g/mol. The molecule has 0 unspecified atom stereocenters. The zero-order valence-electron chi connectivity index (χ0n) is 15.7. The molecule has 1 aromatic carbocycles. The number of nitrogens with zero attached hydrogens (tertiary/aromatic N) is 4. The third-order valence-electron chi connectivity index (χ3n) is 4.94. The van der Waals surface area contributed by atoms with E-state index in [-0.39, 0.29) is 16.0 Å². The number of hydrogen-bond acceptors (Lipinski definition) is 5. The van der Waals surface area contributed by atoms with E-state index >= 15 is 0 Å². The Hall–Kier alpha value is -2.06. The zero-order valence-corrected chi connectivity index (χ0v) is 18.8. The number of benzene rings is 1. The van der Waals surface area contributed by atoms with E-state index < -0.39 is 5.56 Å². The minimum Gasteiger partial charge on any atom is -0.368 e. The molecule has 0 spiro atoms. The summed E-state index contributed by atoms with van der Waals surface area (Å²) in [7, 11) is 0. The van der Waals surface area contributed by atoms with Crippen LogP contribution < -0.4 is 10.5 Å². The average molecular weight is 484 g/mol. The van der Waals surface area contributed by atoms with Crippen molar-refractivity contribution in [2.45, 2.75) is 6.42 Å². The van der Waals surface area contributed by atoms with E-state index in [9.17, 15) is 9.59 Å². The Morgan fingerprint density at radius 2 is 1.87 bits per heavy atom. The SMILES string of the molecule is O=C(c1ccsc1)N1CCCN(c2ccc(-n3ncc(Cl)c(Cl)c3=O)cc2Cl)CC1. The fourth-order valence-electron chi connectivity index (χ4n) is 3.41. The first-order chi connectivity index (χ1) is 14.5. The highest BCUT2D eigenvalue weighted by Gasteiger charge is 2.22. The van der Waals surface area contributed by atoms with Crippen LogP contribution >= 0.6 is 46.1 Å². The molecule has 1 saturated heterocycles. The molecular formula is C20H17Cl3N4O2S. The van der Waals surface area contributed by atoms with Crippen molar-refractivity contribution in [1.29, 1.82) is 0 Å². The molecule has 0 radical (unpaired) electrons. The standard InChI is InChI=1S/C20H17Cl3N4O2S/c21-15-10-14(27-20(29)18(23)16(22)11-24-27)2-3-17(15)25-5-1-6-26(8-7-25)19(28)13-4-9-30-12-13/h2-4,9-12H,1,5-8H2. The van der Waals surface area contributed by atoms with Gasteiger partial charge in [0.1, 0.15) is 5.02 Å². The van der Waals surface area contributed by atoms with Gasteiger partial charge in [0.15, 0.2) is 0 Å². The van der Waals surface area contributed by atoms with Crippen LogP contribution in [0.3, 0.4) is 0 Å². The van der Waals surface area contributed by atoms with Crippen molar-refractivity contribution in [2.75, 3.05) is 31.1 Å². The number of halogens is 3. The summed E-state index contributed by atoms with van der Waals surface area (Å²) in [5.41, 5.74) is 1.57. The summed E-state index contributed by atoms with van der Waals surface area (Å²) >= 11 is 19.9. The summed E-state index contributed by atoms with van der Waals surface area (Å²) in [5, 5.41) is 8.32. The quantitative estimate of drug-likeness (QED) is 0.546. The van der Waals surface area contributed by atoms with Crippen molar-refractivity contribution < 1.29 is 4.79 Å². The molecule has 0 N–H and O–H groups in total. The van der Waals surface area contributed by atoms with Crippen LogP contribution in [-0.4, -0.2) is 46.8 Å². The van der Waals surface area contributed by atoms with Crippen LogP contribution in [0.5, 0.6) is 0 Å². The van der Waals surface area contributed by atoms with E-state index in [2.05, 4.69) is 10.00 Å². The molecule has 1 aliphatic rings. The van der Waals surface area contributed by atoms with Crippen molar-refractivity contribution in [3.8, 4) is 5.69 Å². The van der Waals surface area contributed by atoms with Crippen molar-refractivity contribution in [3.63, 3.8) is 0 Å². The van der Waals surface area contributed by atoms with Crippen LogP contribution in [0.2, 0.25) is 15.1 Å². The third-order valence-corrected chi connectivity index (χ3v) is 6.68. The van der Waals surface area contributed by atoms with Crippen molar-refractivity contribution >= 4 is 57.7 Å². The van der Waals surface area contributed by atoms with E-state index in [1.807, 2.05) is 27.8 Å². The van der Waals surface area contributed by atoms with Gasteiger partial charge in [-0.3, -0.25) is 9.59 Å². The normalized spacial score (nSPS) is 14.6. The second-order valence-corrected chi connectivity index (χ2v) is 8.78. The summed E-state index contributed by atoms with van der Waals surface area (Å²) in [6.07, 6.45) is 2.16. The minimum atomic E-state index is -0.509. The van der Waals surface area contributed by atoms with Crippen LogP contribution in [0.25, 0.3) is 5.69 Å². The van der Waals surface area contributed by atoms with Crippen molar-refractivity contribution in [3.05, 3.63) is 72.2 Å². The summed E-state index contributed by atoms with van der Waals surface area (Å²) in [4.78, 5) is 29.0. The predicted molar refractivity (Wildman–Crippen MR) is 122 cm³/mol.